The van der Waals surface area contributed by atoms with Gasteiger partial charge >= 0.3 is 0 Å². The molecular weight excluding hydrogens is 292 g/mol. The molecule has 0 heterocycles. The number of rotatable bonds is 5. The molecular formula is C13H22N2O3SSi. The number of nitro benzene ring substituents is 1. The van der Waals surface area contributed by atoms with Crippen molar-refractivity contribution in [2.24, 2.45) is 0 Å². The summed E-state index contributed by atoms with van der Waals surface area (Å²) in [6.07, 6.45) is 0. The number of anilines is 1. The number of nitrogens with one attached hydrogen (secondary N) is 1. The number of thiol groups is 1. The summed E-state index contributed by atoms with van der Waals surface area (Å²) >= 11 is 4.00. The Balaban J connectivity index is 3.06. The van der Waals surface area contributed by atoms with Crippen molar-refractivity contribution >= 4 is 32.5 Å². The van der Waals surface area contributed by atoms with Gasteiger partial charge in [0.1, 0.15) is 0 Å². The summed E-state index contributed by atoms with van der Waals surface area (Å²) in [6.45, 7) is 10.9. The molecule has 1 aromatic carbocycles. The molecule has 0 fully saturated rings. The zero-order valence-corrected chi connectivity index (χ0v) is 14.5. The third kappa shape index (κ3) is 3.74. The third-order valence-corrected chi connectivity index (χ3v) is 8.57. The van der Waals surface area contributed by atoms with Crippen LogP contribution in [0.4, 0.5) is 11.4 Å². The first-order valence-corrected chi connectivity index (χ1v) is 9.76. The Bertz CT molecular complexity index is 501. The molecule has 0 saturated heterocycles. The van der Waals surface area contributed by atoms with Crippen molar-refractivity contribution in [2.75, 3.05) is 4.72 Å². The summed E-state index contributed by atoms with van der Waals surface area (Å²) < 4.78 is 8.77. The molecule has 0 radical (unpaired) electrons. The lowest BCUT2D eigenvalue weighted by atomic mass is 10.1. The van der Waals surface area contributed by atoms with Crippen LogP contribution in [0.1, 0.15) is 26.3 Å². The molecule has 20 heavy (non-hydrogen) atoms. The van der Waals surface area contributed by atoms with Gasteiger partial charge in [-0.2, -0.15) is 0 Å². The van der Waals surface area contributed by atoms with Crippen LogP contribution in [0.15, 0.2) is 18.2 Å². The molecule has 0 aliphatic rings. The molecule has 0 atom stereocenters. The fraction of sp³-hybridized carbons (Fsp3) is 0.538. The predicted octanol–water partition coefficient (Wildman–Crippen LogP) is 4.37. The van der Waals surface area contributed by atoms with Gasteiger partial charge in [-0.05, 0) is 24.2 Å². The molecule has 112 valence electrons. The predicted molar refractivity (Wildman–Crippen MR) is 87.7 cm³/mol. The lowest BCUT2D eigenvalue weighted by Crippen LogP contribution is -2.40. The van der Waals surface area contributed by atoms with Crippen LogP contribution in [0.5, 0.6) is 0 Å². The number of nitrogens with zero attached hydrogens (tertiary/aromatic N) is 1. The van der Waals surface area contributed by atoms with Crippen LogP contribution in [0.2, 0.25) is 18.1 Å². The number of hydrogen-bond donors (Lipinski definition) is 2. The molecule has 0 unspecified atom stereocenters. The molecule has 0 aromatic heterocycles. The van der Waals surface area contributed by atoms with Crippen molar-refractivity contribution in [1.29, 1.82) is 0 Å². The monoisotopic (exact) mass is 314 g/mol. The minimum absolute atomic E-state index is 0.0581. The average Bonchev–Trinajstić information content (AvgIpc) is 2.34. The molecule has 0 aliphatic heterocycles. The van der Waals surface area contributed by atoms with Gasteiger partial charge < -0.3 is 9.15 Å². The average molecular weight is 314 g/mol. The zero-order valence-electron chi connectivity index (χ0n) is 12.6. The van der Waals surface area contributed by atoms with Gasteiger partial charge in [0, 0.05) is 6.07 Å². The number of benzene rings is 1. The molecule has 7 heteroatoms. The summed E-state index contributed by atoms with van der Waals surface area (Å²) in [5.41, 5.74) is 1.21. The maximum atomic E-state index is 11.1. The Morgan fingerprint density at radius 2 is 2.00 bits per heavy atom. The summed E-state index contributed by atoms with van der Waals surface area (Å²) in [6, 6.07) is 4.87. The summed E-state index contributed by atoms with van der Waals surface area (Å²) in [7, 11) is -1.96. The van der Waals surface area contributed by atoms with E-state index >= 15 is 0 Å². The van der Waals surface area contributed by atoms with Crippen molar-refractivity contribution in [3.8, 4) is 0 Å². The summed E-state index contributed by atoms with van der Waals surface area (Å²) in [4.78, 5) is 10.7. The van der Waals surface area contributed by atoms with Gasteiger partial charge in [0.25, 0.3) is 5.69 Å². The second kappa shape index (κ2) is 6.15. The van der Waals surface area contributed by atoms with Crippen molar-refractivity contribution in [3.63, 3.8) is 0 Å². The van der Waals surface area contributed by atoms with Crippen molar-refractivity contribution in [3.05, 3.63) is 33.9 Å². The molecule has 0 amide bonds. The zero-order chi connectivity index (χ0) is 15.6. The highest BCUT2D eigenvalue weighted by atomic mass is 32.1. The van der Waals surface area contributed by atoms with Crippen molar-refractivity contribution in [2.45, 2.75) is 45.5 Å². The van der Waals surface area contributed by atoms with Gasteiger partial charge in [0.2, 0.25) is 0 Å². The Hall–Kier alpha value is -1.05. The molecule has 0 spiro atoms. The highest BCUT2D eigenvalue weighted by Crippen LogP contribution is 2.38. The Morgan fingerprint density at radius 1 is 1.40 bits per heavy atom. The maximum Gasteiger partial charge on any atom is 0.276 e. The van der Waals surface area contributed by atoms with E-state index in [9.17, 15) is 10.1 Å². The second-order valence-corrected chi connectivity index (χ2v) is 11.3. The fourth-order valence-corrected chi connectivity index (χ4v) is 2.62. The molecule has 1 rings (SSSR count). The van der Waals surface area contributed by atoms with Gasteiger partial charge in [-0.3, -0.25) is 10.1 Å². The number of hydrogen-bond acceptors (Lipinski definition) is 5. The Labute approximate surface area is 126 Å². The van der Waals surface area contributed by atoms with Gasteiger partial charge in [0.15, 0.2) is 8.32 Å². The highest BCUT2D eigenvalue weighted by Gasteiger charge is 2.37. The molecule has 1 aromatic rings. The second-order valence-electron chi connectivity index (χ2n) is 6.22. The molecule has 1 N–H and O–H groups in total. The van der Waals surface area contributed by atoms with Gasteiger partial charge in [0.05, 0.1) is 22.8 Å². The minimum Gasteiger partial charge on any atom is -0.412 e. The largest absolute Gasteiger partial charge is 0.412 e. The topological polar surface area (TPSA) is 64.4 Å². The molecule has 0 aliphatic carbocycles. The van der Waals surface area contributed by atoms with E-state index in [0.29, 0.717) is 11.3 Å². The quantitative estimate of drug-likeness (QED) is 0.366. The van der Waals surface area contributed by atoms with Crippen LogP contribution in [0.25, 0.3) is 0 Å². The highest BCUT2D eigenvalue weighted by molar-refractivity contribution is 7.81. The Morgan fingerprint density at radius 3 is 2.45 bits per heavy atom. The van der Waals surface area contributed by atoms with Gasteiger partial charge in [-0.25, -0.2) is 0 Å². The number of nitro groups is 1. The van der Waals surface area contributed by atoms with E-state index < -0.39 is 8.32 Å². The maximum absolute atomic E-state index is 11.1. The summed E-state index contributed by atoms with van der Waals surface area (Å²) in [5, 5.41) is 11.2. The molecule has 0 bridgehead atoms. The molecule has 5 nitrogen and oxygen atoms in total. The van der Waals surface area contributed by atoms with E-state index in [-0.39, 0.29) is 22.3 Å². The van der Waals surface area contributed by atoms with Crippen LogP contribution < -0.4 is 4.72 Å². The Kier molecular flexibility index (Phi) is 5.23. The fourth-order valence-electron chi connectivity index (χ4n) is 1.47. The van der Waals surface area contributed by atoms with Crippen LogP contribution in [-0.4, -0.2) is 13.2 Å². The van der Waals surface area contributed by atoms with E-state index in [1.54, 1.807) is 12.1 Å². The SMILES string of the molecule is CC(C)(C)[Si](C)(C)OCc1c(NS)cccc1[N+](=O)[O-]. The van der Waals surface area contributed by atoms with Gasteiger partial charge in [-0.15, -0.1) is 0 Å². The van der Waals surface area contributed by atoms with E-state index in [1.165, 1.54) is 6.07 Å². The molecule has 0 saturated carbocycles. The normalized spacial score (nSPS) is 12.3. The van der Waals surface area contributed by atoms with Crippen molar-refractivity contribution < 1.29 is 9.35 Å². The van der Waals surface area contributed by atoms with Crippen LogP contribution >= 0.6 is 12.8 Å². The third-order valence-electron chi connectivity index (χ3n) is 3.85. The van der Waals surface area contributed by atoms with Gasteiger partial charge in [-0.1, -0.05) is 39.7 Å². The first kappa shape index (κ1) is 17.0. The van der Waals surface area contributed by atoms with E-state index in [1.807, 2.05) is 0 Å². The first-order valence-electron chi connectivity index (χ1n) is 6.40. The van der Waals surface area contributed by atoms with Crippen LogP contribution in [0.3, 0.4) is 0 Å². The van der Waals surface area contributed by atoms with Crippen molar-refractivity contribution in [1.82, 2.24) is 0 Å². The smallest absolute Gasteiger partial charge is 0.276 e. The van der Waals surface area contributed by atoms with E-state index in [0.717, 1.165) is 0 Å². The lowest BCUT2D eigenvalue weighted by Gasteiger charge is -2.36. The van der Waals surface area contributed by atoms with E-state index in [4.69, 9.17) is 4.43 Å². The van der Waals surface area contributed by atoms with Crippen LogP contribution in [0, 0.1) is 10.1 Å². The van der Waals surface area contributed by atoms with Crippen LogP contribution in [-0.2, 0) is 11.0 Å². The van der Waals surface area contributed by atoms with E-state index in [2.05, 4.69) is 51.4 Å². The minimum atomic E-state index is -1.96. The lowest BCUT2D eigenvalue weighted by molar-refractivity contribution is -0.385. The standard InChI is InChI=1S/C13H22N2O3SSi/c1-13(2,3)20(4,5)18-9-10-11(14-19)7-6-8-12(10)15(16)17/h6-8,14,19H,9H2,1-5H3. The first-order chi connectivity index (χ1) is 9.10. The summed E-state index contributed by atoms with van der Waals surface area (Å²) in [5.74, 6) is 0.